The van der Waals surface area contributed by atoms with Gasteiger partial charge >= 0.3 is 0 Å². The van der Waals surface area contributed by atoms with E-state index in [0.29, 0.717) is 6.04 Å². The first kappa shape index (κ1) is 22.5. The highest BCUT2D eigenvalue weighted by Crippen LogP contribution is 2.13. The molecule has 3 heterocycles. The van der Waals surface area contributed by atoms with Crippen LogP contribution >= 0.6 is 24.0 Å². The van der Waals surface area contributed by atoms with Crippen molar-refractivity contribution >= 4 is 35.6 Å². The fourth-order valence-corrected chi connectivity index (χ4v) is 3.82. The van der Waals surface area contributed by atoms with Gasteiger partial charge in [-0.15, -0.1) is 34.2 Å². The third kappa shape index (κ3) is 5.91. The Balaban J connectivity index is 0.00000256. The first-order valence-electron chi connectivity index (χ1n) is 10.3. The lowest BCUT2D eigenvalue weighted by Gasteiger charge is -2.33. The molecule has 2 aromatic heterocycles. The van der Waals surface area contributed by atoms with Crippen molar-refractivity contribution in [1.82, 2.24) is 30.1 Å². The van der Waals surface area contributed by atoms with Crippen LogP contribution in [0, 0.1) is 0 Å². The van der Waals surface area contributed by atoms with Gasteiger partial charge in [0.05, 0.1) is 0 Å². The number of rotatable bonds is 6. The molecule has 3 aromatic rings. The van der Waals surface area contributed by atoms with E-state index in [1.165, 1.54) is 5.56 Å². The lowest BCUT2D eigenvalue weighted by atomic mass is 10.0. The van der Waals surface area contributed by atoms with Crippen LogP contribution in [0.3, 0.4) is 0 Å². The molecule has 1 aliphatic heterocycles. The molecule has 0 spiro atoms. The number of likely N-dealkylation sites (tertiary alicyclic amines) is 1. The molecule has 0 saturated carbocycles. The Kier molecular flexibility index (Phi) is 8.44. The Bertz CT molecular complexity index is 933. The van der Waals surface area contributed by atoms with Gasteiger partial charge in [-0.3, -0.25) is 14.3 Å². The number of hydrogen-bond acceptors (Lipinski definition) is 4. The zero-order valence-corrected chi connectivity index (χ0v) is 19.7. The first-order valence-corrected chi connectivity index (χ1v) is 10.3. The minimum atomic E-state index is 0. The molecular weight excluding hydrogens is 489 g/mol. The maximum absolute atomic E-state index is 4.39. The van der Waals surface area contributed by atoms with Gasteiger partial charge in [-0.05, 0) is 30.5 Å². The Morgan fingerprint density at radius 3 is 2.60 bits per heavy atom. The number of benzene rings is 1. The summed E-state index contributed by atoms with van der Waals surface area (Å²) in [7, 11) is 1.83. The molecular formula is C22H30IN7. The highest BCUT2D eigenvalue weighted by atomic mass is 127. The van der Waals surface area contributed by atoms with Crippen LogP contribution in [-0.4, -0.2) is 58.2 Å². The fourth-order valence-electron chi connectivity index (χ4n) is 3.82. The van der Waals surface area contributed by atoms with Gasteiger partial charge in [0.2, 0.25) is 0 Å². The van der Waals surface area contributed by atoms with Crippen molar-refractivity contribution in [2.45, 2.75) is 31.8 Å². The Morgan fingerprint density at radius 2 is 1.83 bits per heavy atom. The third-order valence-corrected chi connectivity index (χ3v) is 5.43. The van der Waals surface area contributed by atoms with E-state index in [0.717, 1.165) is 62.9 Å². The maximum Gasteiger partial charge on any atom is 0.191 e. The number of pyridine rings is 1. The molecule has 7 nitrogen and oxygen atoms in total. The van der Waals surface area contributed by atoms with E-state index in [4.69, 9.17) is 0 Å². The van der Waals surface area contributed by atoms with E-state index < -0.39 is 0 Å². The number of aliphatic imine (C=N–C) groups is 1. The largest absolute Gasteiger partial charge is 0.356 e. The summed E-state index contributed by atoms with van der Waals surface area (Å²) < 4.78 is 2.03. The molecule has 1 fully saturated rings. The number of fused-ring (bicyclic) bond motifs is 1. The van der Waals surface area contributed by atoms with Gasteiger partial charge in [-0.1, -0.05) is 36.4 Å². The molecule has 0 radical (unpaired) electrons. The van der Waals surface area contributed by atoms with Crippen molar-refractivity contribution in [3.05, 3.63) is 66.1 Å². The molecule has 1 saturated heterocycles. The van der Waals surface area contributed by atoms with Crippen molar-refractivity contribution in [2.24, 2.45) is 4.99 Å². The van der Waals surface area contributed by atoms with Crippen LogP contribution in [-0.2, 0) is 13.0 Å². The zero-order chi connectivity index (χ0) is 19.9. The Morgan fingerprint density at radius 1 is 1.07 bits per heavy atom. The topological polar surface area (TPSA) is 69.8 Å². The van der Waals surface area contributed by atoms with Gasteiger partial charge in [0, 0.05) is 51.9 Å². The molecule has 0 unspecified atom stereocenters. The first-order chi connectivity index (χ1) is 14.3. The van der Waals surface area contributed by atoms with Crippen molar-refractivity contribution < 1.29 is 0 Å². The number of aromatic nitrogens is 3. The minimum absolute atomic E-state index is 0. The maximum atomic E-state index is 4.39. The second-order valence-corrected chi connectivity index (χ2v) is 7.47. The summed E-state index contributed by atoms with van der Waals surface area (Å²) in [4.78, 5) is 6.92. The number of guanidine groups is 1. The molecule has 4 rings (SSSR count). The van der Waals surface area contributed by atoms with Gasteiger partial charge < -0.3 is 10.6 Å². The second-order valence-electron chi connectivity index (χ2n) is 7.47. The Hall–Kier alpha value is -2.20. The van der Waals surface area contributed by atoms with E-state index in [2.05, 4.69) is 61.1 Å². The molecule has 1 aliphatic rings. The predicted molar refractivity (Wildman–Crippen MR) is 131 cm³/mol. The monoisotopic (exact) mass is 519 g/mol. The van der Waals surface area contributed by atoms with Gasteiger partial charge in [-0.2, -0.15) is 0 Å². The molecule has 8 heteroatoms. The highest BCUT2D eigenvalue weighted by Gasteiger charge is 2.20. The SMILES string of the molecule is CN=C(NCCc1nnc2ccccn12)NC1CCN(Cc2ccccc2)CC1.I. The van der Waals surface area contributed by atoms with Crippen molar-refractivity contribution in [3.63, 3.8) is 0 Å². The van der Waals surface area contributed by atoms with E-state index in [9.17, 15) is 0 Å². The van der Waals surface area contributed by atoms with Crippen molar-refractivity contribution in [2.75, 3.05) is 26.7 Å². The average Bonchev–Trinajstić information content (AvgIpc) is 3.18. The lowest BCUT2D eigenvalue weighted by Crippen LogP contribution is -2.48. The summed E-state index contributed by atoms with van der Waals surface area (Å²) in [5, 5.41) is 15.5. The Labute approximate surface area is 195 Å². The van der Waals surface area contributed by atoms with E-state index in [-0.39, 0.29) is 24.0 Å². The summed E-state index contributed by atoms with van der Waals surface area (Å²) in [5.74, 6) is 1.82. The molecule has 0 aliphatic carbocycles. The number of nitrogens with zero attached hydrogens (tertiary/aromatic N) is 5. The average molecular weight is 519 g/mol. The van der Waals surface area contributed by atoms with Crippen LogP contribution in [0.5, 0.6) is 0 Å². The third-order valence-electron chi connectivity index (χ3n) is 5.43. The summed E-state index contributed by atoms with van der Waals surface area (Å²) >= 11 is 0. The quantitative estimate of drug-likeness (QED) is 0.298. The minimum Gasteiger partial charge on any atom is -0.356 e. The highest BCUT2D eigenvalue weighted by molar-refractivity contribution is 14.0. The van der Waals surface area contributed by atoms with Crippen LogP contribution in [0.2, 0.25) is 0 Å². The summed E-state index contributed by atoms with van der Waals surface area (Å²) in [6.07, 6.45) is 5.05. The molecule has 2 N–H and O–H groups in total. The lowest BCUT2D eigenvalue weighted by molar-refractivity contribution is 0.198. The van der Waals surface area contributed by atoms with Crippen LogP contribution in [0.15, 0.2) is 59.7 Å². The van der Waals surface area contributed by atoms with Crippen molar-refractivity contribution in [1.29, 1.82) is 0 Å². The molecule has 0 bridgehead atoms. The van der Waals surface area contributed by atoms with Crippen molar-refractivity contribution in [3.8, 4) is 0 Å². The van der Waals surface area contributed by atoms with E-state index in [1.54, 1.807) is 0 Å². The standard InChI is InChI=1S/C22H29N7.HI/c1-23-22(24-13-10-21-27-26-20-9-5-6-14-29(20)21)25-19-11-15-28(16-12-19)17-18-7-3-2-4-8-18;/h2-9,14,19H,10-13,15-17H2,1H3,(H2,23,24,25);1H. The normalized spacial score (nSPS) is 15.7. The number of piperidine rings is 1. The summed E-state index contributed by atoms with van der Waals surface area (Å²) in [6, 6.07) is 17.1. The molecule has 1 aromatic carbocycles. The molecule has 160 valence electrons. The van der Waals surface area contributed by atoms with Crippen LogP contribution in [0.1, 0.15) is 24.2 Å². The van der Waals surface area contributed by atoms with Crippen LogP contribution in [0.25, 0.3) is 5.65 Å². The van der Waals surface area contributed by atoms with Gasteiger partial charge in [0.25, 0.3) is 0 Å². The number of nitrogens with one attached hydrogen (secondary N) is 2. The molecule has 30 heavy (non-hydrogen) atoms. The van der Waals surface area contributed by atoms with Gasteiger partial charge in [0.15, 0.2) is 11.6 Å². The van der Waals surface area contributed by atoms with E-state index in [1.807, 2.05) is 35.8 Å². The number of hydrogen-bond donors (Lipinski definition) is 2. The van der Waals surface area contributed by atoms with Gasteiger partial charge in [0.1, 0.15) is 5.82 Å². The summed E-state index contributed by atoms with van der Waals surface area (Å²) in [6.45, 7) is 4.01. The molecule has 0 amide bonds. The fraction of sp³-hybridized carbons (Fsp3) is 0.409. The smallest absolute Gasteiger partial charge is 0.191 e. The molecule has 0 atom stereocenters. The zero-order valence-electron chi connectivity index (χ0n) is 17.4. The van der Waals surface area contributed by atoms with E-state index >= 15 is 0 Å². The van der Waals surface area contributed by atoms with Crippen LogP contribution in [0.4, 0.5) is 0 Å². The number of halogens is 1. The predicted octanol–water partition coefficient (Wildman–Crippen LogP) is 2.72. The second kappa shape index (κ2) is 11.3. The summed E-state index contributed by atoms with van der Waals surface area (Å²) in [5.41, 5.74) is 2.27. The van der Waals surface area contributed by atoms with Gasteiger partial charge in [-0.25, -0.2) is 0 Å². The van der Waals surface area contributed by atoms with Crippen LogP contribution < -0.4 is 10.6 Å².